The molecule has 3 rings (SSSR count). The van der Waals surface area contributed by atoms with Crippen molar-refractivity contribution in [3.8, 4) is 5.75 Å². The van der Waals surface area contributed by atoms with Gasteiger partial charge in [0.15, 0.2) is 0 Å². The first-order chi connectivity index (χ1) is 12.9. The van der Waals surface area contributed by atoms with Gasteiger partial charge in [0.25, 0.3) is 17.7 Å². The molecular weight excluding hydrogens is 406 g/mol. The zero-order valence-electron chi connectivity index (χ0n) is 13.7. The van der Waals surface area contributed by atoms with Gasteiger partial charge in [0.2, 0.25) is 0 Å². The van der Waals surface area contributed by atoms with Crippen molar-refractivity contribution in [3.63, 3.8) is 0 Å². The number of thiocarbonyl (C=S) groups is 1. The maximum absolute atomic E-state index is 12.4. The predicted octanol–water partition coefficient (Wildman–Crippen LogP) is 2.12. The zero-order valence-corrected chi connectivity index (χ0v) is 16.1. The molecule has 7 nitrogen and oxygen atoms in total. The molecule has 0 bridgehead atoms. The summed E-state index contributed by atoms with van der Waals surface area (Å²) < 4.78 is 0.275. The molecule has 2 heterocycles. The summed E-state index contributed by atoms with van der Waals surface area (Å²) in [5, 5.41) is 11.3. The number of carbonyl (C=O) groups is 3. The van der Waals surface area contributed by atoms with Gasteiger partial charge in [0.05, 0.1) is 4.91 Å². The Balaban J connectivity index is 1.57. The number of thioether (sulfide) groups is 1. The number of rotatable bonds is 4. The fourth-order valence-corrected chi connectivity index (χ4v) is 4.15. The summed E-state index contributed by atoms with van der Waals surface area (Å²) in [4.78, 5) is 39.0. The van der Waals surface area contributed by atoms with Crippen LogP contribution in [0.3, 0.4) is 0 Å². The number of benzene rings is 1. The van der Waals surface area contributed by atoms with Gasteiger partial charge in [-0.1, -0.05) is 36.1 Å². The van der Waals surface area contributed by atoms with Crippen molar-refractivity contribution in [3.05, 3.63) is 57.1 Å². The SMILES string of the molecule is O=C(CN1C(=O)/C(=C\c2cccs2)SC1=S)NNC(=O)c1cccc(O)c1. The lowest BCUT2D eigenvalue weighted by Gasteiger charge is -2.14. The number of thiophene rings is 1. The lowest BCUT2D eigenvalue weighted by atomic mass is 10.2. The van der Waals surface area contributed by atoms with Gasteiger partial charge >= 0.3 is 0 Å². The summed E-state index contributed by atoms with van der Waals surface area (Å²) in [6.07, 6.45) is 1.73. The number of amides is 3. The number of hydrogen-bond acceptors (Lipinski definition) is 7. The molecule has 3 amide bonds. The number of hydrogen-bond donors (Lipinski definition) is 3. The van der Waals surface area contributed by atoms with Crippen molar-refractivity contribution in [2.75, 3.05) is 6.54 Å². The summed E-state index contributed by atoms with van der Waals surface area (Å²) >= 11 is 7.79. The van der Waals surface area contributed by atoms with Gasteiger partial charge < -0.3 is 5.11 Å². The molecular formula is C17H13N3O4S3. The molecule has 0 aliphatic carbocycles. The van der Waals surface area contributed by atoms with Crippen LogP contribution in [-0.4, -0.2) is 38.6 Å². The van der Waals surface area contributed by atoms with Crippen molar-refractivity contribution in [2.24, 2.45) is 0 Å². The molecule has 0 unspecified atom stereocenters. The second kappa shape index (κ2) is 8.33. The third-order valence-electron chi connectivity index (χ3n) is 3.42. The van der Waals surface area contributed by atoms with E-state index in [-0.39, 0.29) is 28.1 Å². The van der Waals surface area contributed by atoms with E-state index in [1.807, 2.05) is 17.5 Å². The maximum Gasteiger partial charge on any atom is 0.269 e. The third-order valence-corrected chi connectivity index (χ3v) is 5.61. The predicted molar refractivity (Wildman–Crippen MR) is 108 cm³/mol. The fraction of sp³-hybridized carbons (Fsp3) is 0.0588. The van der Waals surface area contributed by atoms with Gasteiger partial charge in [-0.3, -0.25) is 30.1 Å². The van der Waals surface area contributed by atoms with E-state index in [0.29, 0.717) is 4.91 Å². The Morgan fingerprint density at radius 1 is 1.22 bits per heavy atom. The van der Waals surface area contributed by atoms with Gasteiger partial charge in [0, 0.05) is 10.4 Å². The molecule has 1 aliphatic rings. The molecule has 2 aromatic rings. The minimum atomic E-state index is -0.600. The van der Waals surface area contributed by atoms with Crippen molar-refractivity contribution >= 4 is 63.4 Å². The average molecular weight is 420 g/mol. The lowest BCUT2D eigenvalue weighted by molar-refractivity contribution is -0.129. The number of phenols is 1. The van der Waals surface area contributed by atoms with Gasteiger partial charge in [0.1, 0.15) is 16.6 Å². The van der Waals surface area contributed by atoms with Crippen LogP contribution >= 0.6 is 35.3 Å². The van der Waals surface area contributed by atoms with Crippen LogP contribution in [0.2, 0.25) is 0 Å². The number of carbonyl (C=O) groups excluding carboxylic acids is 3. The van der Waals surface area contributed by atoms with Crippen molar-refractivity contribution in [2.45, 2.75) is 0 Å². The highest BCUT2D eigenvalue weighted by molar-refractivity contribution is 8.26. The van der Waals surface area contributed by atoms with Crippen molar-refractivity contribution in [1.29, 1.82) is 0 Å². The zero-order chi connectivity index (χ0) is 19.4. The van der Waals surface area contributed by atoms with E-state index < -0.39 is 11.8 Å². The van der Waals surface area contributed by atoms with Crippen LogP contribution in [0.1, 0.15) is 15.2 Å². The standard InChI is InChI=1S/C17H13N3O4S3/c21-11-4-1-3-10(7-11)15(23)19-18-14(22)9-20-16(24)13(27-17(20)25)8-12-5-2-6-26-12/h1-8,21H,9H2,(H,18,22)(H,19,23)/b13-8+. The van der Waals surface area contributed by atoms with Crippen LogP contribution in [0.25, 0.3) is 6.08 Å². The minimum Gasteiger partial charge on any atom is -0.508 e. The molecule has 0 atom stereocenters. The Kier molecular flexibility index (Phi) is 5.89. The molecule has 1 aliphatic heterocycles. The normalized spacial score (nSPS) is 15.3. The monoisotopic (exact) mass is 419 g/mol. The van der Waals surface area contributed by atoms with E-state index in [0.717, 1.165) is 16.6 Å². The highest BCUT2D eigenvalue weighted by Crippen LogP contribution is 2.32. The summed E-state index contributed by atoms with van der Waals surface area (Å²) in [7, 11) is 0. The Morgan fingerprint density at radius 2 is 2.04 bits per heavy atom. The molecule has 3 N–H and O–H groups in total. The van der Waals surface area contributed by atoms with Crippen LogP contribution in [0, 0.1) is 0 Å². The first-order valence-corrected chi connectivity index (χ1v) is 9.71. The van der Waals surface area contributed by atoms with Crippen molar-refractivity contribution in [1.82, 2.24) is 15.8 Å². The smallest absolute Gasteiger partial charge is 0.269 e. The van der Waals surface area contributed by atoms with Crippen molar-refractivity contribution < 1.29 is 19.5 Å². The van der Waals surface area contributed by atoms with Crippen LogP contribution in [0.4, 0.5) is 0 Å². The first-order valence-electron chi connectivity index (χ1n) is 7.61. The molecule has 1 aromatic carbocycles. The second-order valence-corrected chi connectivity index (χ2v) is 7.99. The molecule has 0 saturated carbocycles. The van der Waals surface area contributed by atoms with E-state index in [2.05, 4.69) is 10.9 Å². The number of aromatic hydroxyl groups is 1. The van der Waals surface area contributed by atoms with E-state index in [1.165, 1.54) is 40.5 Å². The third kappa shape index (κ3) is 4.73. The molecule has 138 valence electrons. The van der Waals surface area contributed by atoms with Gasteiger partial charge in [-0.15, -0.1) is 11.3 Å². The number of hydrazine groups is 1. The number of nitrogens with one attached hydrogen (secondary N) is 2. The van der Waals surface area contributed by atoms with Gasteiger partial charge in [-0.25, -0.2) is 0 Å². The highest BCUT2D eigenvalue weighted by Gasteiger charge is 2.33. The molecule has 1 fully saturated rings. The molecule has 27 heavy (non-hydrogen) atoms. The average Bonchev–Trinajstić information content (AvgIpc) is 3.24. The highest BCUT2D eigenvalue weighted by atomic mass is 32.2. The molecule has 10 heteroatoms. The van der Waals surface area contributed by atoms with E-state index >= 15 is 0 Å². The Bertz CT molecular complexity index is 941. The largest absolute Gasteiger partial charge is 0.508 e. The molecule has 1 saturated heterocycles. The Morgan fingerprint density at radius 3 is 2.74 bits per heavy atom. The first kappa shape index (κ1) is 19.1. The Hall–Kier alpha value is -2.69. The Labute approximate surface area is 168 Å². The quantitative estimate of drug-likeness (QED) is 0.399. The summed E-state index contributed by atoms with van der Waals surface area (Å²) in [6, 6.07) is 9.43. The molecule has 1 aromatic heterocycles. The lowest BCUT2D eigenvalue weighted by Crippen LogP contribution is -2.47. The van der Waals surface area contributed by atoms with Gasteiger partial charge in [-0.05, 0) is 35.7 Å². The van der Waals surface area contributed by atoms with Crippen LogP contribution in [0.15, 0.2) is 46.7 Å². The number of nitrogens with zero attached hydrogens (tertiary/aromatic N) is 1. The summed E-state index contributed by atoms with van der Waals surface area (Å²) in [6.45, 7) is -0.313. The molecule has 0 radical (unpaired) electrons. The van der Waals surface area contributed by atoms with Crippen LogP contribution in [0.5, 0.6) is 5.75 Å². The number of phenolic OH excluding ortho intramolecular Hbond substituents is 1. The van der Waals surface area contributed by atoms with Gasteiger partial charge in [-0.2, -0.15) is 0 Å². The summed E-state index contributed by atoms with van der Waals surface area (Å²) in [5.74, 6) is -1.61. The van der Waals surface area contributed by atoms with E-state index in [9.17, 15) is 19.5 Å². The summed E-state index contributed by atoms with van der Waals surface area (Å²) in [5.41, 5.74) is 4.64. The molecule has 0 spiro atoms. The van der Waals surface area contributed by atoms with Crippen LogP contribution < -0.4 is 10.9 Å². The fourth-order valence-electron chi connectivity index (χ4n) is 2.17. The topological polar surface area (TPSA) is 98.7 Å². The van der Waals surface area contributed by atoms with Crippen LogP contribution in [-0.2, 0) is 9.59 Å². The van der Waals surface area contributed by atoms with E-state index in [1.54, 1.807) is 6.08 Å². The maximum atomic E-state index is 12.4. The second-order valence-electron chi connectivity index (χ2n) is 5.34. The minimum absolute atomic E-state index is 0.0657. The van der Waals surface area contributed by atoms with E-state index in [4.69, 9.17) is 12.2 Å².